The summed E-state index contributed by atoms with van der Waals surface area (Å²) in [5, 5.41) is 0. The zero-order valence-electron chi connectivity index (χ0n) is 35.4. The molecule has 0 spiro atoms. The molecule has 312 valence electrons. The summed E-state index contributed by atoms with van der Waals surface area (Å²) >= 11 is 0. The van der Waals surface area contributed by atoms with Gasteiger partial charge < -0.3 is 27.9 Å². The van der Waals surface area contributed by atoms with Crippen LogP contribution in [-0.4, -0.2) is 70.7 Å². The number of carbonyl (C=O) groups excluding carboxylic acids is 1. The molecule has 9 heteroatoms. The second kappa shape index (κ2) is 36.2. The summed E-state index contributed by atoms with van der Waals surface area (Å²) in [7, 11) is 1.37. The summed E-state index contributed by atoms with van der Waals surface area (Å²) in [5.74, 6) is 0.111. The van der Waals surface area contributed by atoms with Crippen molar-refractivity contribution >= 4 is 13.8 Å². The van der Waals surface area contributed by atoms with E-state index in [0.29, 0.717) is 30.0 Å². The Morgan fingerprint density at radius 3 is 1.44 bits per heavy atom. The Kier molecular flexibility index (Phi) is 35.8. The summed E-state index contributed by atoms with van der Waals surface area (Å²) in [5.41, 5.74) is 0. The van der Waals surface area contributed by atoms with Crippen LogP contribution in [0.3, 0.4) is 0 Å². The average molecular weight is 762 g/mol. The van der Waals surface area contributed by atoms with Crippen molar-refractivity contribution in [1.29, 1.82) is 0 Å². The molecule has 0 aromatic rings. The number of likely N-dealkylation sites (N-methyl/N-ethyl adjacent to an activating group) is 1. The second-order valence-corrected chi connectivity index (χ2v) is 18.1. The largest absolute Gasteiger partial charge is 0.756 e. The highest BCUT2D eigenvalue weighted by molar-refractivity contribution is 7.45. The van der Waals surface area contributed by atoms with Gasteiger partial charge in [0.05, 0.1) is 34.4 Å². The van der Waals surface area contributed by atoms with Crippen LogP contribution in [0.5, 0.6) is 0 Å². The minimum Gasteiger partial charge on any atom is -0.756 e. The van der Waals surface area contributed by atoms with E-state index < -0.39 is 13.9 Å². The van der Waals surface area contributed by atoms with Gasteiger partial charge >= 0.3 is 5.97 Å². The van der Waals surface area contributed by atoms with Gasteiger partial charge in [-0.3, -0.25) is 9.36 Å². The van der Waals surface area contributed by atoms with Crippen LogP contribution >= 0.6 is 7.82 Å². The Bertz CT molecular complexity index is 822. The summed E-state index contributed by atoms with van der Waals surface area (Å²) < 4.78 is 34.7. The van der Waals surface area contributed by atoms with E-state index in [4.69, 9.17) is 18.5 Å². The molecule has 3 atom stereocenters. The van der Waals surface area contributed by atoms with Crippen molar-refractivity contribution in [2.24, 2.45) is 5.92 Å². The number of hydrogen-bond acceptors (Lipinski definition) is 7. The number of carbonyl (C=O) groups is 1. The number of ether oxygens (including phenoxy) is 2. The second-order valence-electron chi connectivity index (χ2n) is 16.7. The van der Waals surface area contributed by atoms with Gasteiger partial charge in [0, 0.05) is 13.0 Å². The lowest BCUT2D eigenvalue weighted by molar-refractivity contribution is -0.870. The van der Waals surface area contributed by atoms with Crippen LogP contribution < -0.4 is 4.89 Å². The molecule has 0 aliphatic heterocycles. The first kappa shape index (κ1) is 51.5. The van der Waals surface area contributed by atoms with Gasteiger partial charge in [0.15, 0.2) is 0 Å². The van der Waals surface area contributed by atoms with Crippen molar-refractivity contribution < 1.29 is 37.3 Å². The first-order chi connectivity index (χ1) is 25.0. The summed E-state index contributed by atoms with van der Waals surface area (Å²) in [4.78, 5) is 25.2. The predicted octanol–water partition coefficient (Wildman–Crippen LogP) is 12.1. The topological polar surface area (TPSA) is 94.1 Å². The van der Waals surface area contributed by atoms with E-state index in [1.54, 1.807) is 0 Å². The highest BCUT2D eigenvalue weighted by atomic mass is 31.2. The fourth-order valence-corrected chi connectivity index (χ4v) is 7.18. The van der Waals surface area contributed by atoms with Crippen molar-refractivity contribution in [3.63, 3.8) is 0 Å². The van der Waals surface area contributed by atoms with Crippen LogP contribution in [0.4, 0.5) is 0 Å². The molecule has 0 aromatic carbocycles. The molecule has 52 heavy (non-hydrogen) atoms. The van der Waals surface area contributed by atoms with Gasteiger partial charge in [-0.05, 0) is 18.8 Å². The molecule has 8 nitrogen and oxygen atoms in total. The van der Waals surface area contributed by atoms with E-state index in [1.165, 1.54) is 154 Å². The summed E-state index contributed by atoms with van der Waals surface area (Å²) in [6.07, 6.45) is 35.6. The van der Waals surface area contributed by atoms with Crippen molar-refractivity contribution in [3.8, 4) is 0 Å². The molecule has 0 N–H and O–H groups in total. The van der Waals surface area contributed by atoms with Crippen LogP contribution in [0.1, 0.15) is 207 Å². The van der Waals surface area contributed by atoms with Gasteiger partial charge in [-0.1, -0.05) is 188 Å². The van der Waals surface area contributed by atoms with Crippen LogP contribution in [0.25, 0.3) is 0 Å². The van der Waals surface area contributed by atoms with Gasteiger partial charge in [-0.25, -0.2) is 0 Å². The molecule has 0 fully saturated rings. The Balaban J connectivity index is 4.31. The number of rotatable bonds is 41. The molecule has 0 amide bonds. The SMILES string of the molecule is CCCCCCCCCCCCCCCCOC[C@H](COP(=O)([O-])OCC[N+](C)(C)C)OC(=O)CCC(C)CCCCCCCCCCCCCC. The Hall–Kier alpha value is -0.500. The first-order valence-electron chi connectivity index (χ1n) is 22.2. The Morgan fingerprint density at radius 2 is 1.00 bits per heavy atom. The lowest BCUT2D eigenvalue weighted by Crippen LogP contribution is -2.37. The van der Waals surface area contributed by atoms with Crippen molar-refractivity contribution in [3.05, 3.63) is 0 Å². The average Bonchev–Trinajstić information content (AvgIpc) is 3.09. The van der Waals surface area contributed by atoms with Crippen molar-refractivity contribution in [2.75, 3.05) is 54.1 Å². The van der Waals surface area contributed by atoms with Crippen LogP contribution in [-0.2, 0) is 27.9 Å². The molecule has 0 saturated heterocycles. The number of hydrogen-bond donors (Lipinski definition) is 0. The summed E-state index contributed by atoms with van der Waals surface area (Å²) in [6, 6.07) is 0. The van der Waals surface area contributed by atoms with Gasteiger partial charge in [-0.15, -0.1) is 0 Å². The maximum Gasteiger partial charge on any atom is 0.306 e. The number of phosphoric ester groups is 1. The number of unbranched alkanes of at least 4 members (excludes halogenated alkanes) is 24. The lowest BCUT2D eigenvalue weighted by atomic mass is 9.97. The monoisotopic (exact) mass is 762 g/mol. The van der Waals surface area contributed by atoms with E-state index >= 15 is 0 Å². The zero-order chi connectivity index (χ0) is 38.6. The highest BCUT2D eigenvalue weighted by Gasteiger charge is 2.21. The maximum atomic E-state index is 12.8. The van der Waals surface area contributed by atoms with E-state index in [9.17, 15) is 14.3 Å². The molecule has 0 rings (SSSR count). The fraction of sp³-hybridized carbons (Fsp3) is 0.977. The normalized spacial score (nSPS) is 14.4. The first-order valence-corrected chi connectivity index (χ1v) is 23.6. The predicted molar refractivity (Wildman–Crippen MR) is 218 cm³/mol. The molecule has 0 aliphatic carbocycles. The zero-order valence-corrected chi connectivity index (χ0v) is 36.3. The molecule has 0 radical (unpaired) electrons. The Labute approximate surface area is 323 Å². The van der Waals surface area contributed by atoms with Gasteiger partial charge in [-0.2, -0.15) is 0 Å². The molecular weight excluding hydrogens is 673 g/mol. The quantitative estimate of drug-likeness (QED) is 0.0265. The standard InChI is InChI=1S/C43H88NO7P/c1-7-9-11-13-15-17-19-21-22-24-26-28-30-32-37-48-39-42(40-50-52(46,47)49-38-36-44(4,5)6)51-43(45)35-34-41(3)33-31-29-27-25-23-20-18-16-14-12-10-8-2/h41-42H,7-40H2,1-6H3/t41?,42-/m1/s1. The molecule has 2 unspecified atom stereocenters. The van der Waals surface area contributed by atoms with E-state index in [0.717, 1.165) is 25.7 Å². The van der Waals surface area contributed by atoms with E-state index in [-0.39, 0.29) is 25.8 Å². The minimum atomic E-state index is -4.52. The summed E-state index contributed by atoms with van der Waals surface area (Å²) in [6.45, 7) is 7.65. The van der Waals surface area contributed by atoms with Crippen LogP contribution in [0.15, 0.2) is 0 Å². The molecular formula is C43H88NO7P. The van der Waals surface area contributed by atoms with Crippen LogP contribution in [0, 0.1) is 5.92 Å². The van der Waals surface area contributed by atoms with Gasteiger partial charge in [0.1, 0.15) is 19.3 Å². The van der Waals surface area contributed by atoms with Crippen molar-refractivity contribution in [1.82, 2.24) is 0 Å². The molecule has 0 aromatic heterocycles. The molecule has 0 saturated carbocycles. The van der Waals surface area contributed by atoms with E-state index in [2.05, 4.69) is 20.8 Å². The number of esters is 1. The minimum absolute atomic E-state index is 0.0292. The number of phosphoric acid groups is 1. The number of quaternary nitrogens is 1. The van der Waals surface area contributed by atoms with Gasteiger partial charge in [0.2, 0.25) is 0 Å². The molecule has 0 aliphatic rings. The maximum absolute atomic E-state index is 12.8. The smallest absolute Gasteiger partial charge is 0.306 e. The third kappa shape index (κ3) is 39.2. The van der Waals surface area contributed by atoms with E-state index in [1.807, 2.05) is 21.1 Å². The Morgan fingerprint density at radius 1 is 0.577 bits per heavy atom. The third-order valence-electron chi connectivity index (χ3n) is 10.1. The lowest BCUT2D eigenvalue weighted by Gasteiger charge is -2.28. The molecule has 0 bridgehead atoms. The molecule has 0 heterocycles. The van der Waals surface area contributed by atoms with Crippen molar-refractivity contribution in [2.45, 2.75) is 213 Å². The number of nitrogens with zero attached hydrogens (tertiary/aromatic N) is 1. The van der Waals surface area contributed by atoms with Gasteiger partial charge in [0.25, 0.3) is 7.82 Å². The van der Waals surface area contributed by atoms with Crippen LogP contribution in [0.2, 0.25) is 0 Å². The highest BCUT2D eigenvalue weighted by Crippen LogP contribution is 2.38. The third-order valence-corrected chi connectivity index (χ3v) is 11.0. The fourth-order valence-electron chi connectivity index (χ4n) is 6.45.